The number of aliphatic hydroxyl groups excluding tert-OH is 4. The number of aliphatic hydroxyl groups is 4. The fourth-order valence-electron chi connectivity index (χ4n) is 9.34. The van der Waals surface area contributed by atoms with E-state index in [9.17, 15) is 89.1 Å². The molecule has 2 heterocycles. The molecule has 0 aromatic carbocycles. The molecule has 18 atom stereocenters. The van der Waals surface area contributed by atoms with Crippen LogP contribution in [-0.2, 0) is 95.3 Å². The Kier molecular flexibility index (Phi) is 40.8. The first-order valence-electron chi connectivity index (χ1n) is 30.1. The standard InChI is InChI=1S/C33H49NO13S3.C27H41NO13S3/c1-9-12-49-32(48)50-16-24(29(40)42-14-18(2)44-21(5)35)13-25(33(8,17-34)11-10-27(38)39)30(41)43-15-26-19(3)20(4)28(45-22(6)36)31(47-26)46-23(7)37;1-5-8-43-26(42)44-12-16(23(35)38-10-14(2)40-15(3)29)9-17(27(4,13-28)7-6-19(30)31)24(36)39-11-18-20(32)21(33)22(34)25(37)41-18/h18-20,24-26,28,31H,9-16H2,1-8H3,(H,38,39);14,16-18,20-22,25,32-34,37H,5-12H2,1-4H3,(H,30,31)/t18?,19-,20-,24?,25?,26?,28?,31-,33?;14?,16?,17?,18?,20-,21+,22?,25+,27?/m01/s1. The number of carboxylic acids is 2. The molecule has 532 valence electrons. The quantitative estimate of drug-likeness (QED) is 0.0249. The number of aliphatic carboxylic acids is 2. The van der Waals surface area contributed by atoms with Gasteiger partial charge in [0.25, 0.3) is 0 Å². The zero-order valence-corrected chi connectivity index (χ0v) is 59.6. The van der Waals surface area contributed by atoms with E-state index in [-0.39, 0.29) is 62.9 Å². The van der Waals surface area contributed by atoms with Crippen molar-refractivity contribution in [1.29, 1.82) is 10.5 Å². The number of carbonyl (C=O) groups excluding carboxylic acids is 8. The number of thiocarbonyl (C=S) groups is 2. The van der Waals surface area contributed by atoms with Gasteiger partial charge in [0.1, 0.15) is 70.1 Å². The highest BCUT2D eigenvalue weighted by Crippen LogP contribution is 2.42. The molecule has 0 saturated carbocycles. The highest BCUT2D eigenvalue weighted by molar-refractivity contribution is 8.47. The lowest BCUT2D eigenvalue weighted by atomic mass is 9.71. The lowest BCUT2D eigenvalue weighted by molar-refractivity contribution is -0.287. The number of nitriles is 2. The second-order valence-corrected chi connectivity index (χ2v) is 29.6. The maximum Gasteiger partial charge on any atom is 0.310 e. The minimum absolute atomic E-state index is 0.0429. The Labute approximate surface area is 575 Å². The fraction of sp³-hybridized carbons (Fsp3) is 0.767. The number of carbonyl (C=O) groups is 10. The summed E-state index contributed by atoms with van der Waals surface area (Å²) >= 11 is 16.0. The van der Waals surface area contributed by atoms with Crippen LogP contribution in [0.15, 0.2) is 0 Å². The number of carboxylic acid groups (broad SMARTS) is 2. The van der Waals surface area contributed by atoms with Crippen LogP contribution in [0.3, 0.4) is 0 Å². The van der Waals surface area contributed by atoms with Crippen molar-refractivity contribution in [3.05, 3.63) is 0 Å². The Hall–Kier alpha value is -4.98. The van der Waals surface area contributed by atoms with Gasteiger partial charge < -0.3 is 78.0 Å². The summed E-state index contributed by atoms with van der Waals surface area (Å²) in [5.74, 6) is -12.1. The van der Waals surface area contributed by atoms with Gasteiger partial charge in [-0.05, 0) is 83.6 Å². The molecule has 28 nitrogen and oxygen atoms in total. The molecule has 2 rings (SSSR count). The molecule has 2 fully saturated rings. The van der Waals surface area contributed by atoms with Gasteiger partial charge in [-0.25, -0.2) is 0 Å². The van der Waals surface area contributed by atoms with Gasteiger partial charge in [-0.1, -0.05) is 52.1 Å². The van der Waals surface area contributed by atoms with Crippen molar-refractivity contribution in [2.75, 3.05) is 49.4 Å². The van der Waals surface area contributed by atoms with Crippen LogP contribution in [0.25, 0.3) is 0 Å². The third kappa shape index (κ3) is 31.5. The largest absolute Gasteiger partial charge is 0.481 e. The van der Waals surface area contributed by atoms with Crippen molar-refractivity contribution < 1.29 is 126 Å². The molecule has 2 saturated heterocycles. The number of nitrogens with zero attached hydrogens (tertiary/aromatic N) is 2. The highest BCUT2D eigenvalue weighted by atomic mass is 32.2. The zero-order chi connectivity index (χ0) is 71.8. The Bertz CT molecular complexity index is 2650. The molecule has 0 amide bonds. The SMILES string of the molecule is CCCSC(=S)SCC(CC(C(=O)OCC1O[C@H](O)C(O)[C@@H](O)[C@@H]1O)C(C)(C#N)CCC(=O)O)C(=O)OCC(C)OC(C)=O.CCCSC(=S)SCC(CC(C(=O)OCC1O[C@H](OC(C)=O)C(OC(C)=O)[C@@H](C)[C@@H]1C)C(C)(C#N)CCC(=O)O)C(=O)OCC(C)OC(C)=O. The average Bonchev–Trinajstić information content (AvgIpc) is 0.857. The Morgan fingerprint density at radius 3 is 1.32 bits per heavy atom. The molecule has 12 unspecified atom stereocenters. The van der Waals surface area contributed by atoms with Gasteiger partial charge >= 0.3 is 59.7 Å². The smallest absolute Gasteiger partial charge is 0.310 e. The Morgan fingerprint density at radius 2 is 0.957 bits per heavy atom. The van der Waals surface area contributed by atoms with Crippen LogP contribution in [0.5, 0.6) is 0 Å². The Balaban J connectivity index is 0.000000948. The third-order valence-corrected chi connectivity index (χ3v) is 21.0. The zero-order valence-electron chi connectivity index (χ0n) is 54.7. The van der Waals surface area contributed by atoms with Crippen molar-refractivity contribution in [3.63, 3.8) is 0 Å². The molecule has 0 bridgehead atoms. The van der Waals surface area contributed by atoms with Gasteiger partial charge in [0.05, 0.1) is 52.7 Å². The van der Waals surface area contributed by atoms with Gasteiger partial charge in [0.15, 0.2) is 12.4 Å². The van der Waals surface area contributed by atoms with Crippen molar-refractivity contribution in [2.24, 2.45) is 46.3 Å². The lowest BCUT2D eigenvalue weighted by Gasteiger charge is -2.43. The second kappa shape index (κ2) is 44.0. The van der Waals surface area contributed by atoms with Crippen LogP contribution >= 0.6 is 71.5 Å². The summed E-state index contributed by atoms with van der Waals surface area (Å²) in [5, 5.41) is 78.8. The van der Waals surface area contributed by atoms with Crippen molar-refractivity contribution in [3.8, 4) is 12.1 Å². The maximum absolute atomic E-state index is 13.9. The third-order valence-electron chi connectivity index (χ3n) is 14.9. The molecule has 0 aromatic rings. The van der Waals surface area contributed by atoms with E-state index in [1.54, 1.807) is 20.8 Å². The Morgan fingerprint density at radius 1 is 0.553 bits per heavy atom. The summed E-state index contributed by atoms with van der Waals surface area (Å²) in [6, 6.07) is 4.07. The topological polar surface area (TPSA) is 432 Å². The van der Waals surface area contributed by atoms with Crippen LogP contribution in [-0.4, -0.2) is 208 Å². The lowest BCUT2D eigenvalue weighted by Crippen LogP contribution is -2.58. The van der Waals surface area contributed by atoms with Crippen LogP contribution in [0.2, 0.25) is 0 Å². The van der Waals surface area contributed by atoms with Gasteiger partial charge in [0, 0.05) is 58.0 Å². The first-order chi connectivity index (χ1) is 43.9. The van der Waals surface area contributed by atoms with Crippen molar-refractivity contribution in [2.45, 2.75) is 196 Å². The molecular formula is C60H90N2O26S6. The summed E-state index contributed by atoms with van der Waals surface area (Å²) in [6.45, 7) is 16.6. The molecular weight excluding hydrogens is 1360 g/mol. The minimum atomic E-state index is -1.88. The molecule has 6 N–H and O–H groups in total. The summed E-state index contributed by atoms with van der Waals surface area (Å²) in [5.41, 5.74) is -3.24. The molecule has 0 aromatic heterocycles. The molecule has 94 heavy (non-hydrogen) atoms. The maximum atomic E-state index is 13.9. The fourth-order valence-corrected chi connectivity index (χ4v) is 13.8. The van der Waals surface area contributed by atoms with Gasteiger partial charge in [-0.3, -0.25) is 47.9 Å². The van der Waals surface area contributed by atoms with E-state index in [2.05, 4.69) is 6.07 Å². The molecule has 0 spiro atoms. The summed E-state index contributed by atoms with van der Waals surface area (Å²) in [4.78, 5) is 123. The number of ether oxygens (including phenoxy) is 10. The van der Waals surface area contributed by atoms with Crippen molar-refractivity contribution in [1.82, 2.24) is 0 Å². The summed E-state index contributed by atoms with van der Waals surface area (Å²) < 4.78 is 54.7. The summed E-state index contributed by atoms with van der Waals surface area (Å²) in [7, 11) is 0. The highest BCUT2D eigenvalue weighted by Gasteiger charge is 2.50. The molecule has 2 aliphatic heterocycles. The molecule has 2 aliphatic rings. The van der Waals surface area contributed by atoms with Crippen molar-refractivity contribution >= 4 is 138 Å². The van der Waals surface area contributed by atoms with Crippen LogP contribution in [0.1, 0.15) is 134 Å². The van der Waals surface area contributed by atoms with E-state index < -0.39 is 181 Å². The van der Waals surface area contributed by atoms with E-state index in [1.165, 1.54) is 95.5 Å². The first-order valence-corrected chi connectivity index (χ1v) is 34.9. The monoisotopic (exact) mass is 1450 g/mol. The van der Waals surface area contributed by atoms with E-state index >= 15 is 0 Å². The number of thioether (sulfide) groups is 4. The van der Waals surface area contributed by atoms with E-state index in [0.29, 0.717) is 7.06 Å². The molecule has 34 heteroatoms. The normalized spacial score (nSPS) is 23.9. The van der Waals surface area contributed by atoms with Crippen LogP contribution in [0, 0.1) is 69.0 Å². The van der Waals surface area contributed by atoms with Gasteiger partial charge in [-0.15, -0.1) is 47.0 Å². The summed E-state index contributed by atoms with van der Waals surface area (Å²) in [6.07, 6.45) is -13.5. The predicted molar refractivity (Wildman–Crippen MR) is 349 cm³/mol. The van der Waals surface area contributed by atoms with Gasteiger partial charge in [0.2, 0.25) is 6.29 Å². The number of hydrogen-bond acceptors (Lipinski definition) is 32. The van der Waals surface area contributed by atoms with E-state index in [4.69, 9.17) is 71.8 Å². The van der Waals surface area contributed by atoms with E-state index in [0.717, 1.165) is 24.3 Å². The van der Waals surface area contributed by atoms with Crippen LogP contribution in [0.4, 0.5) is 0 Å². The number of hydrogen-bond donors (Lipinski definition) is 6. The number of esters is 8. The van der Waals surface area contributed by atoms with Gasteiger partial charge in [-0.2, -0.15) is 10.5 Å². The molecule has 0 radical (unpaired) electrons. The molecule has 0 aliphatic carbocycles. The van der Waals surface area contributed by atoms with E-state index in [1.807, 2.05) is 19.9 Å². The number of rotatable bonds is 36. The van der Waals surface area contributed by atoms with Crippen LogP contribution < -0.4 is 0 Å². The first kappa shape index (κ1) is 87.0. The second-order valence-electron chi connectivity index (χ2n) is 23.0. The average molecular weight is 1450 g/mol. The minimum Gasteiger partial charge on any atom is -0.481 e. The predicted octanol–water partition coefficient (Wildman–Crippen LogP) is 5.70.